The van der Waals surface area contributed by atoms with Gasteiger partial charge >= 0.3 is 0 Å². The molecule has 1 aromatic rings. The summed E-state index contributed by atoms with van der Waals surface area (Å²) < 4.78 is 5.09. The van der Waals surface area contributed by atoms with Crippen molar-refractivity contribution < 1.29 is 19.1 Å². The van der Waals surface area contributed by atoms with Gasteiger partial charge < -0.3 is 10.1 Å². The van der Waals surface area contributed by atoms with Crippen molar-refractivity contribution in [1.82, 2.24) is 9.80 Å². The highest BCUT2D eigenvalue weighted by atomic mass is 16.5. The maximum atomic E-state index is 12.0. The van der Waals surface area contributed by atoms with Gasteiger partial charge in [0.1, 0.15) is 5.75 Å². The molecule has 1 atom stereocenters. The molecule has 0 radical (unpaired) electrons. The molecular weight excluding hydrogens is 286 g/mol. The molecular formula is C15H19N3O4. The summed E-state index contributed by atoms with van der Waals surface area (Å²) in [6.45, 7) is 0.0226. The summed E-state index contributed by atoms with van der Waals surface area (Å²) in [6.07, 6.45) is 0.109. The maximum Gasteiger partial charge on any atom is 0.246 e. The van der Waals surface area contributed by atoms with E-state index in [0.717, 1.165) is 4.90 Å². The van der Waals surface area contributed by atoms with Gasteiger partial charge in [0.25, 0.3) is 0 Å². The Morgan fingerprint density at radius 1 is 1.45 bits per heavy atom. The highest BCUT2D eigenvalue weighted by Gasteiger charge is 2.38. The van der Waals surface area contributed by atoms with Gasteiger partial charge in [-0.15, -0.1) is 0 Å². The third-order valence-electron chi connectivity index (χ3n) is 3.64. The summed E-state index contributed by atoms with van der Waals surface area (Å²) >= 11 is 0. The predicted molar refractivity (Wildman–Crippen MR) is 80.4 cm³/mol. The van der Waals surface area contributed by atoms with Gasteiger partial charge in [-0.2, -0.15) is 0 Å². The quantitative estimate of drug-likeness (QED) is 0.793. The molecule has 118 valence electrons. The lowest BCUT2D eigenvalue weighted by molar-refractivity contribution is -0.137. The fourth-order valence-electron chi connectivity index (χ4n) is 2.32. The maximum absolute atomic E-state index is 12.0. The van der Waals surface area contributed by atoms with E-state index >= 15 is 0 Å². The zero-order chi connectivity index (χ0) is 16.3. The number of imide groups is 1. The molecule has 0 aliphatic carbocycles. The second kappa shape index (κ2) is 6.57. The molecule has 7 heteroatoms. The molecule has 1 aromatic carbocycles. The molecule has 3 amide bonds. The normalized spacial score (nSPS) is 18.0. The number of benzene rings is 1. The molecule has 7 nitrogen and oxygen atoms in total. The van der Waals surface area contributed by atoms with Crippen LogP contribution in [0.4, 0.5) is 5.69 Å². The summed E-state index contributed by atoms with van der Waals surface area (Å²) in [4.78, 5) is 38.1. The monoisotopic (exact) mass is 305 g/mol. The average molecular weight is 305 g/mol. The molecule has 0 saturated carbocycles. The average Bonchev–Trinajstić information content (AvgIpc) is 2.75. The Balaban J connectivity index is 1.94. The summed E-state index contributed by atoms with van der Waals surface area (Å²) in [7, 11) is 4.66. The second-order valence-electron chi connectivity index (χ2n) is 5.21. The van der Waals surface area contributed by atoms with Gasteiger partial charge in [0.05, 0.1) is 26.1 Å². The van der Waals surface area contributed by atoms with Gasteiger partial charge in [-0.1, -0.05) is 6.07 Å². The first-order valence-electron chi connectivity index (χ1n) is 6.87. The highest BCUT2D eigenvalue weighted by Crippen LogP contribution is 2.18. The zero-order valence-electron chi connectivity index (χ0n) is 12.8. The molecule has 1 N–H and O–H groups in total. The number of carbonyl (C=O) groups excluding carboxylic acids is 3. The number of hydrogen-bond donors (Lipinski definition) is 1. The highest BCUT2D eigenvalue weighted by molar-refractivity contribution is 6.05. The lowest BCUT2D eigenvalue weighted by Crippen LogP contribution is -2.42. The number of likely N-dealkylation sites (tertiary alicyclic amines) is 1. The van der Waals surface area contributed by atoms with Crippen LogP contribution in [-0.2, 0) is 14.4 Å². The molecule has 22 heavy (non-hydrogen) atoms. The van der Waals surface area contributed by atoms with E-state index in [-0.39, 0.29) is 30.7 Å². The molecule has 1 saturated heterocycles. The Labute approximate surface area is 128 Å². The van der Waals surface area contributed by atoms with Crippen molar-refractivity contribution in [2.75, 3.05) is 33.1 Å². The van der Waals surface area contributed by atoms with Gasteiger partial charge in [-0.3, -0.25) is 24.2 Å². The van der Waals surface area contributed by atoms with Crippen LogP contribution in [0.2, 0.25) is 0 Å². The summed E-state index contributed by atoms with van der Waals surface area (Å²) in [6, 6.07) is 6.43. The first-order valence-corrected chi connectivity index (χ1v) is 6.87. The van der Waals surface area contributed by atoms with Crippen molar-refractivity contribution in [3.05, 3.63) is 24.3 Å². The number of amides is 3. The SMILES string of the molecule is COc1cccc(NC(=O)CN(C)[C@H]2CC(=O)N(C)C2=O)c1. The fraction of sp³-hybridized carbons (Fsp3) is 0.400. The van der Waals surface area contributed by atoms with E-state index < -0.39 is 6.04 Å². The van der Waals surface area contributed by atoms with Crippen LogP contribution < -0.4 is 10.1 Å². The lowest BCUT2D eigenvalue weighted by atomic mass is 10.2. The summed E-state index contributed by atoms with van der Waals surface area (Å²) in [5, 5.41) is 2.74. The number of nitrogens with zero attached hydrogens (tertiary/aromatic N) is 2. The van der Waals surface area contributed by atoms with E-state index in [9.17, 15) is 14.4 Å². The number of methoxy groups -OCH3 is 1. The van der Waals surface area contributed by atoms with Crippen molar-refractivity contribution in [3.63, 3.8) is 0 Å². The van der Waals surface area contributed by atoms with Crippen LogP contribution in [0, 0.1) is 0 Å². The molecule has 1 aliphatic rings. The van der Waals surface area contributed by atoms with E-state index in [0.29, 0.717) is 11.4 Å². The van der Waals surface area contributed by atoms with Crippen LogP contribution in [0.5, 0.6) is 5.75 Å². The fourth-order valence-corrected chi connectivity index (χ4v) is 2.32. The lowest BCUT2D eigenvalue weighted by Gasteiger charge is -2.21. The Morgan fingerprint density at radius 3 is 2.77 bits per heavy atom. The Bertz CT molecular complexity index is 602. The molecule has 0 aromatic heterocycles. The number of nitrogens with one attached hydrogen (secondary N) is 1. The van der Waals surface area contributed by atoms with Crippen molar-refractivity contribution in [1.29, 1.82) is 0 Å². The Morgan fingerprint density at radius 2 is 2.18 bits per heavy atom. The van der Waals surface area contributed by atoms with E-state index in [1.54, 1.807) is 43.3 Å². The minimum absolute atomic E-state index is 0.0226. The van der Waals surface area contributed by atoms with Crippen LogP contribution >= 0.6 is 0 Å². The van der Waals surface area contributed by atoms with Crippen LogP contribution in [0.25, 0.3) is 0 Å². The van der Waals surface area contributed by atoms with Crippen molar-refractivity contribution in [2.45, 2.75) is 12.5 Å². The van der Waals surface area contributed by atoms with Gasteiger partial charge in [0.15, 0.2) is 0 Å². The number of rotatable bonds is 5. The molecule has 1 fully saturated rings. The van der Waals surface area contributed by atoms with E-state index in [1.165, 1.54) is 7.05 Å². The molecule has 0 spiro atoms. The van der Waals surface area contributed by atoms with E-state index in [4.69, 9.17) is 4.74 Å². The van der Waals surface area contributed by atoms with Crippen LogP contribution in [0.1, 0.15) is 6.42 Å². The molecule has 0 bridgehead atoms. The van der Waals surface area contributed by atoms with Crippen molar-refractivity contribution >= 4 is 23.4 Å². The van der Waals surface area contributed by atoms with Crippen molar-refractivity contribution in [3.8, 4) is 5.75 Å². The van der Waals surface area contributed by atoms with Gasteiger partial charge in [0.2, 0.25) is 17.7 Å². The molecule has 0 unspecified atom stereocenters. The van der Waals surface area contributed by atoms with Crippen LogP contribution in [-0.4, -0.2) is 61.3 Å². The molecule has 1 heterocycles. The second-order valence-corrected chi connectivity index (χ2v) is 5.21. The Hall–Kier alpha value is -2.41. The summed E-state index contributed by atoms with van der Waals surface area (Å²) in [5.74, 6) is -0.119. The van der Waals surface area contributed by atoms with Gasteiger partial charge in [-0.25, -0.2) is 0 Å². The number of hydrogen-bond acceptors (Lipinski definition) is 5. The number of carbonyl (C=O) groups is 3. The van der Waals surface area contributed by atoms with Gasteiger partial charge in [-0.05, 0) is 19.2 Å². The first-order chi connectivity index (χ1) is 10.4. The third-order valence-corrected chi connectivity index (χ3v) is 3.64. The Kier molecular flexibility index (Phi) is 4.77. The van der Waals surface area contributed by atoms with Crippen molar-refractivity contribution in [2.24, 2.45) is 0 Å². The van der Waals surface area contributed by atoms with E-state index in [1.807, 2.05) is 0 Å². The van der Waals surface area contributed by atoms with Crippen LogP contribution in [0.15, 0.2) is 24.3 Å². The summed E-state index contributed by atoms with van der Waals surface area (Å²) in [5.41, 5.74) is 0.615. The minimum Gasteiger partial charge on any atom is -0.497 e. The first kappa shape index (κ1) is 16.0. The topological polar surface area (TPSA) is 79.0 Å². The smallest absolute Gasteiger partial charge is 0.246 e. The minimum atomic E-state index is -0.575. The van der Waals surface area contributed by atoms with Crippen LogP contribution in [0.3, 0.4) is 0 Å². The number of likely N-dealkylation sites (N-methyl/N-ethyl adjacent to an activating group) is 2. The third kappa shape index (κ3) is 3.43. The van der Waals surface area contributed by atoms with Gasteiger partial charge in [0, 0.05) is 18.8 Å². The van der Waals surface area contributed by atoms with E-state index in [2.05, 4.69) is 5.32 Å². The number of anilines is 1. The zero-order valence-corrected chi connectivity index (χ0v) is 12.8. The standard InChI is InChI=1S/C15H19N3O4/c1-17(12-8-14(20)18(2)15(12)21)9-13(19)16-10-5-4-6-11(7-10)22-3/h4-7,12H,8-9H2,1-3H3,(H,16,19)/t12-/m0/s1. The number of ether oxygens (including phenoxy) is 1. The molecule has 1 aliphatic heterocycles. The predicted octanol–water partition coefficient (Wildman–Crippen LogP) is 0.323. The molecule has 2 rings (SSSR count). The largest absolute Gasteiger partial charge is 0.497 e.